The van der Waals surface area contributed by atoms with Gasteiger partial charge in [-0.1, -0.05) is 12.1 Å². The third kappa shape index (κ3) is 5.40. The van der Waals surface area contributed by atoms with Crippen LogP contribution in [0.25, 0.3) is 0 Å². The molecule has 1 aromatic heterocycles. The molecule has 2 aromatic rings. The number of ether oxygens (including phenoxy) is 1. The Labute approximate surface area is 182 Å². The lowest BCUT2D eigenvalue weighted by molar-refractivity contribution is -0.144. The maximum atomic E-state index is 13.4. The smallest absolute Gasteiger partial charge is 0.306 e. The Morgan fingerprint density at radius 1 is 1.16 bits per heavy atom. The number of nitrogens with zero attached hydrogens (tertiary/aromatic N) is 2. The van der Waals surface area contributed by atoms with Crippen LogP contribution in [-0.2, 0) is 16.6 Å². The van der Waals surface area contributed by atoms with Crippen LogP contribution in [0.3, 0.4) is 0 Å². The quantitative estimate of drug-likeness (QED) is 0.495. The van der Waals surface area contributed by atoms with Gasteiger partial charge in [0.2, 0.25) is 0 Å². The largest absolute Gasteiger partial charge is 0.466 e. The lowest BCUT2D eigenvalue weighted by atomic mass is 9.78. The molecule has 1 amide bonds. The predicted octanol–water partition coefficient (Wildman–Crippen LogP) is 3.96. The van der Waals surface area contributed by atoms with Gasteiger partial charge in [0.15, 0.2) is 5.78 Å². The molecule has 31 heavy (non-hydrogen) atoms. The van der Waals surface area contributed by atoms with Crippen molar-refractivity contribution in [1.82, 2.24) is 9.47 Å². The first-order valence-corrected chi connectivity index (χ1v) is 10.7. The number of piperidine rings is 1. The zero-order valence-corrected chi connectivity index (χ0v) is 18.3. The summed E-state index contributed by atoms with van der Waals surface area (Å²) in [6, 6.07) is 7.91. The Hall–Kier alpha value is -2.96. The first-order valence-electron chi connectivity index (χ1n) is 10.7. The van der Waals surface area contributed by atoms with Crippen molar-refractivity contribution in [2.75, 3.05) is 19.7 Å². The van der Waals surface area contributed by atoms with E-state index in [2.05, 4.69) is 0 Å². The SMILES string of the molecule is CCOC(=O)CC(c1ccc(F)cc1)C1CCN(C(=O)c2cc(C(C)=O)cn2C)CC1. The van der Waals surface area contributed by atoms with E-state index in [4.69, 9.17) is 4.74 Å². The summed E-state index contributed by atoms with van der Waals surface area (Å²) in [4.78, 5) is 38.6. The number of benzene rings is 1. The molecule has 0 spiro atoms. The molecule has 1 aromatic carbocycles. The van der Waals surface area contributed by atoms with Crippen molar-refractivity contribution >= 4 is 17.7 Å². The molecular weight excluding hydrogens is 399 g/mol. The summed E-state index contributed by atoms with van der Waals surface area (Å²) in [6.07, 6.45) is 3.37. The van der Waals surface area contributed by atoms with Crippen molar-refractivity contribution in [3.05, 3.63) is 59.2 Å². The molecule has 1 unspecified atom stereocenters. The van der Waals surface area contributed by atoms with Gasteiger partial charge >= 0.3 is 5.97 Å². The van der Waals surface area contributed by atoms with Gasteiger partial charge in [0.05, 0.1) is 13.0 Å². The monoisotopic (exact) mass is 428 g/mol. The van der Waals surface area contributed by atoms with Crippen molar-refractivity contribution < 1.29 is 23.5 Å². The molecular formula is C24H29FN2O4. The molecule has 0 N–H and O–H groups in total. The van der Waals surface area contributed by atoms with Crippen molar-refractivity contribution in [2.45, 2.75) is 39.0 Å². The number of amides is 1. The molecule has 0 radical (unpaired) electrons. The molecule has 0 saturated carbocycles. The van der Waals surface area contributed by atoms with Crippen LogP contribution in [0.15, 0.2) is 36.5 Å². The third-order valence-corrected chi connectivity index (χ3v) is 6.02. The number of carbonyl (C=O) groups excluding carboxylic acids is 3. The Kier molecular flexibility index (Phi) is 7.25. The van der Waals surface area contributed by atoms with E-state index in [-0.39, 0.29) is 41.7 Å². The van der Waals surface area contributed by atoms with Gasteiger partial charge in [-0.25, -0.2) is 4.39 Å². The highest BCUT2D eigenvalue weighted by atomic mass is 19.1. The van der Waals surface area contributed by atoms with E-state index in [1.807, 2.05) is 0 Å². The molecule has 2 heterocycles. The van der Waals surface area contributed by atoms with Gasteiger partial charge in [0.1, 0.15) is 11.5 Å². The average Bonchev–Trinajstić information content (AvgIpc) is 3.15. The molecule has 1 atom stereocenters. The van der Waals surface area contributed by atoms with Gasteiger partial charge in [0.25, 0.3) is 5.91 Å². The average molecular weight is 429 g/mol. The fourth-order valence-corrected chi connectivity index (χ4v) is 4.30. The van der Waals surface area contributed by atoms with Crippen LogP contribution in [0.2, 0.25) is 0 Å². The first-order chi connectivity index (χ1) is 14.8. The zero-order valence-electron chi connectivity index (χ0n) is 18.3. The Balaban J connectivity index is 1.71. The van der Waals surface area contributed by atoms with E-state index >= 15 is 0 Å². The number of carbonyl (C=O) groups is 3. The van der Waals surface area contributed by atoms with E-state index in [9.17, 15) is 18.8 Å². The summed E-state index contributed by atoms with van der Waals surface area (Å²) in [7, 11) is 1.76. The summed E-state index contributed by atoms with van der Waals surface area (Å²) in [5, 5.41) is 0. The van der Waals surface area contributed by atoms with Crippen LogP contribution in [-0.4, -0.2) is 46.8 Å². The van der Waals surface area contributed by atoms with E-state index in [0.717, 1.165) is 18.4 Å². The highest BCUT2D eigenvalue weighted by Crippen LogP contribution is 2.36. The van der Waals surface area contributed by atoms with E-state index in [0.29, 0.717) is 31.0 Å². The lowest BCUT2D eigenvalue weighted by Gasteiger charge is -2.36. The summed E-state index contributed by atoms with van der Waals surface area (Å²) in [6.45, 7) is 4.69. The molecule has 7 heteroatoms. The second kappa shape index (κ2) is 9.90. The summed E-state index contributed by atoms with van der Waals surface area (Å²) in [5.41, 5.74) is 1.92. The molecule has 0 aliphatic carbocycles. The number of aryl methyl sites for hydroxylation is 1. The van der Waals surface area contributed by atoms with Crippen LogP contribution < -0.4 is 0 Å². The maximum Gasteiger partial charge on any atom is 0.306 e. The molecule has 3 rings (SSSR count). The third-order valence-electron chi connectivity index (χ3n) is 6.02. The van der Waals surface area contributed by atoms with E-state index < -0.39 is 0 Å². The highest BCUT2D eigenvalue weighted by Gasteiger charge is 2.32. The maximum absolute atomic E-state index is 13.4. The summed E-state index contributed by atoms with van der Waals surface area (Å²) < 4.78 is 20.2. The van der Waals surface area contributed by atoms with Gasteiger partial charge in [-0.3, -0.25) is 14.4 Å². The first kappa shape index (κ1) is 22.7. The van der Waals surface area contributed by atoms with Crippen LogP contribution in [0.5, 0.6) is 0 Å². The van der Waals surface area contributed by atoms with E-state index in [1.54, 1.807) is 47.8 Å². The minimum absolute atomic E-state index is 0.0746. The number of ketones is 1. The number of esters is 1. The number of Topliss-reactive ketones (excluding diaryl/α,β-unsaturated/α-hetero) is 1. The Morgan fingerprint density at radius 3 is 2.35 bits per heavy atom. The normalized spacial score (nSPS) is 15.5. The van der Waals surface area contributed by atoms with Crippen molar-refractivity contribution in [2.24, 2.45) is 13.0 Å². The van der Waals surface area contributed by atoms with E-state index in [1.165, 1.54) is 19.1 Å². The Morgan fingerprint density at radius 2 is 1.81 bits per heavy atom. The zero-order chi connectivity index (χ0) is 22.5. The molecule has 1 fully saturated rings. The van der Waals surface area contributed by atoms with Gasteiger partial charge in [-0.2, -0.15) is 0 Å². The van der Waals surface area contributed by atoms with Crippen molar-refractivity contribution in [3.63, 3.8) is 0 Å². The number of rotatable bonds is 7. The molecule has 1 saturated heterocycles. The minimum atomic E-state index is -0.313. The molecule has 1 aliphatic rings. The number of halogens is 1. The number of hydrogen-bond acceptors (Lipinski definition) is 4. The molecule has 166 valence electrons. The van der Waals surface area contributed by atoms with Gasteiger partial charge < -0.3 is 14.2 Å². The standard InChI is InChI=1S/C24H29FN2O4/c1-4-31-23(29)14-21(17-5-7-20(25)8-6-17)18-9-11-27(12-10-18)24(30)22-13-19(16(2)28)15-26(22)3/h5-8,13,15,18,21H,4,9-12,14H2,1-3H3. The molecule has 0 bridgehead atoms. The van der Waals surface area contributed by atoms with Gasteiger partial charge in [-0.05, 0) is 62.3 Å². The lowest BCUT2D eigenvalue weighted by Crippen LogP contribution is -2.40. The summed E-state index contributed by atoms with van der Waals surface area (Å²) in [5.74, 6) is -0.662. The second-order valence-corrected chi connectivity index (χ2v) is 8.08. The van der Waals surface area contributed by atoms with Crippen molar-refractivity contribution in [3.8, 4) is 0 Å². The topological polar surface area (TPSA) is 68.6 Å². The van der Waals surface area contributed by atoms with Crippen molar-refractivity contribution in [1.29, 1.82) is 0 Å². The highest BCUT2D eigenvalue weighted by molar-refractivity contribution is 5.99. The second-order valence-electron chi connectivity index (χ2n) is 8.08. The predicted molar refractivity (Wildman–Crippen MR) is 114 cm³/mol. The fourth-order valence-electron chi connectivity index (χ4n) is 4.30. The van der Waals surface area contributed by atoms with Crippen LogP contribution >= 0.6 is 0 Å². The van der Waals surface area contributed by atoms with Crippen LogP contribution in [0.4, 0.5) is 4.39 Å². The number of likely N-dealkylation sites (tertiary alicyclic amines) is 1. The van der Waals surface area contributed by atoms with Crippen LogP contribution in [0, 0.1) is 11.7 Å². The van der Waals surface area contributed by atoms with Gasteiger partial charge in [-0.15, -0.1) is 0 Å². The minimum Gasteiger partial charge on any atom is -0.466 e. The van der Waals surface area contributed by atoms with Crippen LogP contribution in [0.1, 0.15) is 65.4 Å². The molecule has 1 aliphatic heterocycles. The molecule has 6 nitrogen and oxygen atoms in total. The van der Waals surface area contributed by atoms with Gasteiger partial charge in [0, 0.05) is 31.9 Å². The fraction of sp³-hybridized carbons (Fsp3) is 0.458. The Bertz CT molecular complexity index is 943. The number of hydrogen-bond donors (Lipinski definition) is 0. The number of aromatic nitrogens is 1. The summed E-state index contributed by atoms with van der Waals surface area (Å²) >= 11 is 0.